The molecule has 0 unspecified atom stereocenters. The number of amides is 1. The maximum atomic E-state index is 12.9. The quantitative estimate of drug-likeness (QED) is 0.790. The lowest BCUT2D eigenvalue weighted by Crippen LogP contribution is -2.32. The maximum Gasteiger partial charge on any atom is 0.234 e. The first-order chi connectivity index (χ1) is 10.9. The number of carbonyl (C=O) groups is 1. The normalized spacial score (nSPS) is 12.6. The molecule has 0 aliphatic carbocycles. The molecule has 0 saturated carbocycles. The van der Waals surface area contributed by atoms with Crippen molar-refractivity contribution < 1.29 is 13.2 Å². The summed E-state index contributed by atoms with van der Waals surface area (Å²) in [4.78, 5) is 15.5. The lowest BCUT2D eigenvalue weighted by molar-refractivity contribution is -0.118. The van der Waals surface area contributed by atoms with Crippen LogP contribution >= 0.6 is 23.2 Å². The molecule has 23 heavy (non-hydrogen) atoms. The van der Waals surface area contributed by atoms with Gasteiger partial charge >= 0.3 is 0 Å². The molecule has 1 aromatic carbocycles. The first-order valence-electron chi connectivity index (χ1n) is 6.67. The first kappa shape index (κ1) is 17.7. The summed E-state index contributed by atoms with van der Waals surface area (Å²) in [5, 5.41) is 1.99. The minimum absolute atomic E-state index is 0.0950. The van der Waals surface area contributed by atoms with Crippen molar-refractivity contribution in [2.45, 2.75) is 10.1 Å². The molecule has 5 nitrogen and oxygen atoms in total. The van der Waals surface area contributed by atoms with Gasteiger partial charge in [0.2, 0.25) is 5.91 Å². The number of rotatable bonds is 6. The molecule has 1 N–H and O–H groups in total. The van der Waals surface area contributed by atoms with Gasteiger partial charge in [-0.05, 0) is 35.9 Å². The van der Waals surface area contributed by atoms with Crippen LogP contribution in [-0.4, -0.2) is 31.7 Å². The van der Waals surface area contributed by atoms with E-state index in [4.69, 9.17) is 23.2 Å². The van der Waals surface area contributed by atoms with Crippen LogP contribution in [-0.2, 0) is 14.6 Å². The van der Waals surface area contributed by atoms with Crippen molar-refractivity contribution in [3.63, 3.8) is 0 Å². The van der Waals surface area contributed by atoms with E-state index in [1.54, 1.807) is 18.3 Å². The fraction of sp³-hybridized carbons (Fsp3) is 0.200. The van der Waals surface area contributed by atoms with E-state index in [9.17, 15) is 13.2 Å². The number of hydrogen-bond acceptors (Lipinski definition) is 4. The Morgan fingerprint density at radius 2 is 1.91 bits per heavy atom. The summed E-state index contributed by atoms with van der Waals surface area (Å²) >= 11 is 11.2. The number of pyridine rings is 1. The highest BCUT2D eigenvalue weighted by Crippen LogP contribution is 2.28. The zero-order valence-corrected chi connectivity index (χ0v) is 14.3. The van der Waals surface area contributed by atoms with Crippen LogP contribution in [0.25, 0.3) is 0 Å². The fourth-order valence-electron chi connectivity index (χ4n) is 2.02. The zero-order chi connectivity index (χ0) is 16.9. The number of aromatic nitrogens is 1. The highest BCUT2D eigenvalue weighted by atomic mass is 35.5. The smallest absolute Gasteiger partial charge is 0.234 e. The van der Waals surface area contributed by atoms with Crippen LogP contribution in [0.15, 0.2) is 53.7 Å². The first-order valence-corrected chi connectivity index (χ1v) is 9.13. The van der Waals surface area contributed by atoms with Gasteiger partial charge < -0.3 is 5.32 Å². The molecule has 1 amide bonds. The summed E-state index contributed by atoms with van der Waals surface area (Å²) < 4.78 is 25.8. The lowest BCUT2D eigenvalue weighted by atomic mass is 10.2. The predicted octanol–water partition coefficient (Wildman–Crippen LogP) is 2.61. The Bertz CT molecular complexity index is 765. The third-order valence-electron chi connectivity index (χ3n) is 3.18. The summed E-state index contributed by atoms with van der Waals surface area (Å²) in [5.41, 5.74) is 0.484. The van der Waals surface area contributed by atoms with Crippen LogP contribution in [0.5, 0.6) is 0 Å². The minimum Gasteiger partial charge on any atom is -0.353 e. The Morgan fingerprint density at radius 1 is 1.22 bits per heavy atom. The Kier molecular flexibility index (Phi) is 5.98. The monoisotopic (exact) mass is 372 g/mol. The lowest BCUT2D eigenvalue weighted by Gasteiger charge is -2.18. The second-order valence-corrected chi connectivity index (χ2v) is 7.55. The minimum atomic E-state index is -3.73. The topological polar surface area (TPSA) is 76.1 Å². The maximum absolute atomic E-state index is 12.9. The van der Waals surface area contributed by atoms with Crippen molar-refractivity contribution in [2.75, 3.05) is 12.4 Å². The van der Waals surface area contributed by atoms with Crippen molar-refractivity contribution >= 4 is 38.9 Å². The van der Waals surface area contributed by atoms with Crippen molar-refractivity contribution in [3.05, 3.63) is 59.4 Å². The summed E-state index contributed by atoms with van der Waals surface area (Å²) in [6, 6.07) is 9.17. The molecule has 0 spiro atoms. The van der Waals surface area contributed by atoms with Gasteiger partial charge in [0.05, 0.1) is 4.90 Å². The van der Waals surface area contributed by atoms with Crippen LogP contribution in [0.1, 0.15) is 10.8 Å². The van der Waals surface area contributed by atoms with E-state index < -0.39 is 21.0 Å². The number of carbonyl (C=O) groups excluding carboxylic acids is 1. The molecule has 0 fully saturated rings. The van der Waals surface area contributed by atoms with E-state index in [1.165, 1.54) is 30.5 Å². The van der Waals surface area contributed by atoms with E-state index in [0.717, 1.165) is 0 Å². The molecular weight excluding hydrogens is 359 g/mol. The van der Waals surface area contributed by atoms with Gasteiger partial charge in [-0.1, -0.05) is 17.7 Å². The van der Waals surface area contributed by atoms with E-state index in [1.807, 2.05) is 0 Å². The van der Waals surface area contributed by atoms with Gasteiger partial charge in [-0.25, -0.2) is 8.42 Å². The Labute approximate surface area is 144 Å². The van der Waals surface area contributed by atoms with Gasteiger partial charge in [-0.2, -0.15) is 0 Å². The van der Waals surface area contributed by atoms with Crippen LogP contribution in [0.2, 0.25) is 5.02 Å². The summed E-state index contributed by atoms with van der Waals surface area (Å²) in [6.07, 6.45) is 3.01. The molecule has 0 aliphatic rings. The van der Waals surface area contributed by atoms with E-state index in [-0.39, 0.29) is 17.3 Å². The van der Waals surface area contributed by atoms with Gasteiger partial charge in [-0.15, -0.1) is 11.6 Å². The van der Waals surface area contributed by atoms with Crippen molar-refractivity contribution in [1.82, 2.24) is 10.3 Å². The zero-order valence-electron chi connectivity index (χ0n) is 11.9. The Morgan fingerprint density at radius 3 is 2.48 bits per heavy atom. The summed E-state index contributed by atoms with van der Waals surface area (Å²) in [5.74, 6) is -0.673. The number of alkyl halides is 1. The molecule has 8 heteroatoms. The largest absolute Gasteiger partial charge is 0.353 e. The molecule has 0 bridgehead atoms. The number of hydrogen-bond donors (Lipinski definition) is 1. The summed E-state index contributed by atoms with van der Waals surface area (Å²) in [7, 11) is -3.73. The second kappa shape index (κ2) is 7.77. The molecule has 0 aliphatic heterocycles. The third-order valence-corrected chi connectivity index (χ3v) is 5.79. The predicted molar refractivity (Wildman–Crippen MR) is 89.3 cm³/mol. The SMILES string of the molecule is O=C(CCl)NC[C@H](c1cccnc1)S(=O)(=O)c1ccc(Cl)cc1. The van der Waals surface area contributed by atoms with Gasteiger partial charge in [0.25, 0.3) is 0 Å². The molecule has 0 radical (unpaired) electrons. The molecule has 2 aromatic rings. The third kappa shape index (κ3) is 4.43. The van der Waals surface area contributed by atoms with Gasteiger partial charge in [-0.3, -0.25) is 9.78 Å². The Hall–Kier alpha value is -1.63. The van der Waals surface area contributed by atoms with Crippen molar-refractivity contribution in [2.24, 2.45) is 0 Å². The van der Waals surface area contributed by atoms with Crippen molar-refractivity contribution in [3.8, 4) is 0 Å². The number of sulfone groups is 1. The fourth-order valence-corrected chi connectivity index (χ4v) is 3.88. The van der Waals surface area contributed by atoms with E-state index >= 15 is 0 Å². The molecule has 1 atom stereocenters. The number of halogens is 2. The van der Waals surface area contributed by atoms with E-state index in [0.29, 0.717) is 10.6 Å². The molecule has 1 aromatic heterocycles. The van der Waals surface area contributed by atoms with Crippen LogP contribution in [0, 0.1) is 0 Å². The van der Waals surface area contributed by atoms with Gasteiger partial charge in [0, 0.05) is 24.0 Å². The average molecular weight is 373 g/mol. The number of benzene rings is 1. The van der Waals surface area contributed by atoms with Crippen LogP contribution in [0.4, 0.5) is 0 Å². The molecule has 1 heterocycles. The highest BCUT2D eigenvalue weighted by Gasteiger charge is 2.29. The standard InChI is InChI=1S/C15H14Cl2N2O3S/c16-8-15(20)19-10-14(11-2-1-7-18-9-11)23(21,22)13-5-3-12(17)4-6-13/h1-7,9,14H,8,10H2,(H,19,20)/t14-/m1/s1. The van der Waals surface area contributed by atoms with Crippen LogP contribution < -0.4 is 5.32 Å². The summed E-state index contributed by atoms with van der Waals surface area (Å²) in [6.45, 7) is -0.0950. The average Bonchev–Trinajstić information content (AvgIpc) is 2.56. The number of nitrogens with one attached hydrogen (secondary N) is 1. The molecule has 122 valence electrons. The molecule has 0 saturated heterocycles. The second-order valence-electron chi connectivity index (χ2n) is 4.71. The van der Waals surface area contributed by atoms with E-state index in [2.05, 4.69) is 10.3 Å². The molecule has 2 rings (SSSR count). The van der Waals surface area contributed by atoms with Gasteiger partial charge in [0.1, 0.15) is 11.1 Å². The Balaban J connectivity index is 2.39. The van der Waals surface area contributed by atoms with Crippen molar-refractivity contribution in [1.29, 1.82) is 0 Å². The van der Waals surface area contributed by atoms with Gasteiger partial charge in [0.15, 0.2) is 9.84 Å². The highest BCUT2D eigenvalue weighted by molar-refractivity contribution is 7.91. The van der Waals surface area contributed by atoms with Crippen LogP contribution in [0.3, 0.4) is 0 Å². The molecular formula is C15H14Cl2N2O3S. The number of nitrogens with zero attached hydrogens (tertiary/aromatic N) is 1.